The lowest BCUT2D eigenvalue weighted by Gasteiger charge is -2.29. The number of piperidine rings is 1. The van der Waals surface area contributed by atoms with E-state index in [1.165, 1.54) is 16.9 Å². The van der Waals surface area contributed by atoms with E-state index in [4.69, 9.17) is 9.72 Å². The van der Waals surface area contributed by atoms with Crippen molar-refractivity contribution in [2.24, 2.45) is 17.8 Å². The van der Waals surface area contributed by atoms with Gasteiger partial charge in [0.15, 0.2) is 0 Å². The molecule has 0 spiro atoms. The summed E-state index contributed by atoms with van der Waals surface area (Å²) >= 11 is 1.47. The molecular formula is C31H36N4O3S. The van der Waals surface area contributed by atoms with Gasteiger partial charge in [0.1, 0.15) is 5.82 Å². The van der Waals surface area contributed by atoms with E-state index in [0.29, 0.717) is 37.5 Å². The molecule has 39 heavy (non-hydrogen) atoms. The Morgan fingerprint density at radius 2 is 1.74 bits per heavy atom. The standard InChI is InChI=1S/C31H36N4O3S/c1-31(2,3)22-8-6-21(7-9-22)29(36)34-18-24-25(19-34)26(24)20-35(30(37)27-5-4-16-39-27)23-10-11-28(32-17-23)33-12-14-38-15-13-33/h4-11,16-17,24-26H,12-15,18-20H2,1-3H3. The average molecular weight is 545 g/mol. The van der Waals surface area contributed by atoms with Crippen molar-refractivity contribution >= 4 is 34.7 Å². The summed E-state index contributed by atoms with van der Waals surface area (Å²) in [6.45, 7) is 11.8. The molecule has 2 aliphatic heterocycles. The number of ether oxygens (including phenoxy) is 1. The summed E-state index contributed by atoms with van der Waals surface area (Å²) in [5, 5.41) is 1.94. The fraction of sp³-hybridized carbons (Fsp3) is 0.452. The van der Waals surface area contributed by atoms with E-state index < -0.39 is 0 Å². The van der Waals surface area contributed by atoms with Crippen LogP contribution in [0.25, 0.3) is 0 Å². The van der Waals surface area contributed by atoms with Gasteiger partial charge in [0.05, 0.1) is 30.0 Å². The number of thiophene rings is 1. The zero-order chi connectivity index (χ0) is 27.1. The number of nitrogens with zero attached hydrogens (tertiary/aromatic N) is 4. The van der Waals surface area contributed by atoms with Crippen LogP contribution in [0.15, 0.2) is 60.1 Å². The topological polar surface area (TPSA) is 66.0 Å². The molecule has 204 valence electrons. The highest BCUT2D eigenvalue weighted by molar-refractivity contribution is 7.12. The summed E-state index contributed by atoms with van der Waals surface area (Å²) in [6, 6.07) is 15.9. The number of rotatable bonds is 6. The minimum atomic E-state index is 0.0165. The lowest BCUT2D eigenvalue weighted by Crippen LogP contribution is -2.37. The van der Waals surface area contributed by atoms with Gasteiger partial charge in [-0.25, -0.2) is 4.98 Å². The molecule has 1 aromatic carbocycles. The number of hydrogen-bond acceptors (Lipinski definition) is 6. The van der Waals surface area contributed by atoms with Gasteiger partial charge in [-0.2, -0.15) is 0 Å². The predicted molar refractivity (Wildman–Crippen MR) is 155 cm³/mol. The smallest absolute Gasteiger partial charge is 0.268 e. The summed E-state index contributed by atoms with van der Waals surface area (Å²) in [4.78, 5) is 38.3. The average Bonchev–Trinajstić information content (AvgIpc) is 3.33. The molecule has 3 fully saturated rings. The van der Waals surface area contributed by atoms with Crippen LogP contribution in [-0.4, -0.2) is 67.6 Å². The van der Waals surface area contributed by atoms with Gasteiger partial charge >= 0.3 is 0 Å². The number of fused-ring (bicyclic) bond motifs is 1. The molecule has 0 N–H and O–H groups in total. The Labute approximate surface area is 234 Å². The van der Waals surface area contributed by atoms with Crippen LogP contribution in [0.3, 0.4) is 0 Å². The number of likely N-dealkylation sites (tertiary alicyclic amines) is 1. The van der Waals surface area contributed by atoms with E-state index in [9.17, 15) is 9.59 Å². The first kappa shape index (κ1) is 26.0. The molecule has 3 aliphatic rings. The molecule has 3 aromatic rings. The molecule has 7 nitrogen and oxygen atoms in total. The van der Waals surface area contributed by atoms with Crippen LogP contribution in [0.5, 0.6) is 0 Å². The normalized spacial score (nSPS) is 22.5. The molecule has 4 heterocycles. The minimum absolute atomic E-state index is 0.0165. The van der Waals surface area contributed by atoms with Crippen LogP contribution < -0.4 is 9.80 Å². The Hall–Kier alpha value is -3.23. The number of amides is 2. The number of carbonyl (C=O) groups excluding carboxylic acids is 2. The van der Waals surface area contributed by atoms with E-state index in [-0.39, 0.29) is 17.2 Å². The first-order valence-corrected chi connectivity index (χ1v) is 14.7. The highest BCUT2D eigenvalue weighted by Crippen LogP contribution is 2.52. The molecule has 0 radical (unpaired) electrons. The highest BCUT2D eigenvalue weighted by Gasteiger charge is 2.57. The van der Waals surface area contributed by atoms with E-state index >= 15 is 0 Å². The van der Waals surface area contributed by atoms with Crippen LogP contribution >= 0.6 is 11.3 Å². The molecule has 8 heteroatoms. The van der Waals surface area contributed by atoms with Crippen LogP contribution in [0.1, 0.15) is 46.4 Å². The molecular weight excluding hydrogens is 508 g/mol. The molecule has 1 aliphatic carbocycles. The third-order valence-electron chi connectivity index (χ3n) is 8.41. The van der Waals surface area contributed by atoms with Gasteiger partial charge in [0.25, 0.3) is 11.8 Å². The van der Waals surface area contributed by atoms with Crippen molar-refractivity contribution in [2.45, 2.75) is 26.2 Å². The monoisotopic (exact) mass is 544 g/mol. The Morgan fingerprint density at radius 1 is 1.03 bits per heavy atom. The molecule has 0 bridgehead atoms. The predicted octanol–water partition coefficient (Wildman–Crippen LogP) is 4.94. The van der Waals surface area contributed by atoms with Gasteiger partial charge < -0.3 is 19.4 Å². The van der Waals surface area contributed by atoms with Crippen LogP contribution in [-0.2, 0) is 10.2 Å². The van der Waals surface area contributed by atoms with Gasteiger partial charge in [0, 0.05) is 38.3 Å². The zero-order valence-corrected chi connectivity index (χ0v) is 23.7. The van der Waals surface area contributed by atoms with Gasteiger partial charge in [-0.05, 0) is 64.4 Å². The van der Waals surface area contributed by atoms with E-state index in [0.717, 1.165) is 48.1 Å². The molecule has 2 aromatic heterocycles. The Kier molecular flexibility index (Phi) is 6.93. The van der Waals surface area contributed by atoms with E-state index in [1.54, 1.807) is 0 Å². The number of carbonyl (C=O) groups is 2. The number of morpholine rings is 1. The maximum atomic E-state index is 13.5. The van der Waals surface area contributed by atoms with Crippen molar-refractivity contribution in [2.75, 3.05) is 55.7 Å². The van der Waals surface area contributed by atoms with Gasteiger partial charge in [0.2, 0.25) is 0 Å². The van der Waals surface area contributed by atoms with Crippen molar-refractivity contribution in [3.8, 4) is 0 Å². The lowest BCUT2D eigenvalue weighted by atomic mass is 9.86. The largest absolute Gasteiger partial charge is 0.378 e. The number of benzene rings is 1. The van der Waals surface area contributed by atoms with Gasteiger partial charge in [-0.3, -0.25) is 9.59 Å². The molecule has 2 saturated heterocycles. The number of anilines is 2. The van der Waals surface area contributed by atoms with Crippen molar-refractivity contribution in [1.29, 1.82) is 0 Å². The Bertz CT molecular complexity index is 1300. The van der Waals surface area contributed by atoms with Crippen molar-refractivity contribution in [3.63, 3.8) is 0 Å². The maximum Gasteiger partial charge on any atom is 0.268 e. The van der Waals surface area contributed by atoms with Crippen molar-refractivity contribution in [3.05, 3.63) is 76.1 Å². The maximum absolute atomic E-state index is 13.5. The number of aromatic nitrogens is 1. The van der Waals surface area contributed by atoms with Crippen LogP contribution in [0.4, 0.5) is 11.5 Å². The van der Waals surface area contributed by atoms with Crippen molar-refractivity contribution < 1.29 is 14.3 Å². The second-order valence-electron chi connectivity index (χ2n) is 11.9. The number of pyridine rings is 1. The first-order chi connectivity index (χ1) is 18.8. The number of hydrogen-bond donors (Lipinski definition) is 0. The second-order valence-corrected chi connectivity index (χ2v) is 12.8. The van der Waals surface area contributed by atoms with E-state index in [2.05, 4.69) is 37.8 Å². The summed E-state index contributed by atoms with van der Waals surface area (Å²) in [5.74, 6) is 2.29. The van der Waals surface area contributed by atoms with Crippen LogP contribution in [0.2, 0.25) is 0 Å². The fourth-order valence-corrected chi connectivity index (χ4v) is 6.62. The molecule has 2 unspecified atom stereocenters. The third-order valence-corrected chi connectivity index (χ3v) is 9.26. The Balaban J connectivity index is 1.12. The highest BCUT2D eigenvalue weighted by atomic mass is 32.1. The van der Waals surface area contributed by atoms with Crippen LogP contribution in [0, 0.1) is 17.8 Å². The summed E-state index contributed by atoms with van der Waals surface area (Å²) < 4.78 is 5.46. The SMILES string of the molecule is CC(C)(C)c1ccc(C(=O)N2CC3C(C2)C3CN(C(=O)c2cccs2)c2ccc(N3CCOCC3)nc2)cc1. The minimum Gasteiger partial charge on any atom is -0.378 e. The molecule has 1 saturated carbocycles. The van der Waals surface area contributed by atoms with E-state index in [1.807, 2.05) is 57.8 Å². The first-order valence-electron chi connectivity index (χ1n) is 13.8. The molecule has 2 amide bonds. The molecule has 6 rings (SSSR count). The summed E-state index contributed by atoms with van der Waals surface area (Å²) in [6.07, 6.45) is 1.82. The fourth-order valence-electron chi connectivity index (χ4n) is 5.95. The van der Waals surface area contributed by atoms with Crippen molar-refractivity contribution in [1.82, 2.24) is 9.88 Å². The second kappa shape index (κ2) is 10.4. The summed E-state index contributed by atoms with van der Waals surface area (Å²) in [7, 11) is 0. The third kappa shape index (κ3) is 5.32. The van der Waals surface area contributed by atoms with Gasteiger partial charge in [-0.1, -0.05) is 39.0 Å². The molecule has 2 atom stereocenters. The Morgan fingerprint density at radius 3 is 2.33 bits per heavy atom. The zero-order valence-electron chi connectivity index (χ0n) is 22.9. The quantitative estimate of drug-likeness (QED) is 0.440. The summed E-state index contributed by atoms with van der Waals surface area (Å²) in [5.41, 5.74) is 2.87. The lowest BCUT2D eigenvalue weighted by molar-refractivity contribution is 0.0766. The van der Waals surface area contributed by atoms with Gasteiger partial charge in [-0.15, -0.1) is 11.3 Å².